The summed E-state index contributed by atoms with van der Waals surface area (Å²) in [6.45, 7) is 18.0. The Hall–Kier alpha value is -7.51. The Morgan fingerprint density at radius 2 is 0.652 bits per heavy atom. The van der Waals surface area contributed by atoms with Crippen LogP contribution in [0.5, 0.6) is 0 Å². The third-order valence-electron chi connectivity index (χ3n) is 12.7. The van der Waals surface area contributed by atoms with Gasteiger partial charge >= 0.3 is 0 Å². The zero-order valence-corrected chi connectivity index (χ0v) is 39.0. The Morgan fingerprint density at radius 1 is 0.303 bits per heavy atom. The van der Waals surface area contributed by atoms with E-state index in [-0.39, 0.29) is 0 Å². The number of benzene rings is 7. The molecule has 0 N–H and O–H groups in total. The van der Waals surface area contributed by atoms with E-state index in [1.54, 1.807) is 0 Å². The molecule has 326 valence electrons. The number of imidazole rings is 2. The minimum absolute atomic E-state index is 0.377. The lowest BCUT2D eigenvalue weighted by atomic mass is 9.93. The van der Waals surface area contributed by atoms with Gasteiger partial charge in [-0.25, -0.2) is 24.9 Å². The Bertz CT molecular complexity index is 3130. The second-order valence-electron chi connectivity index (χ2n) is 18.7. The van der Waals surface area contributed by atoms with Crippen LogP contribution in [0.1, 0.15) is 101 Å². The average molecular weight is 862 g/mol. The molecular weight excluding hydrogens is 807 g/mol. The number of hydrogen-bond acceptors (Lipinski definition) is 5. The van der Waals surface area contributed by atoms with Gasteiger partial charge in [0.05, 0.1) is 22.1 Å². The van der Waals surface area contributed by atoms with E-state index in [4.69, 9.17) is 24.9 Å². The first kappa shape index (κ1) is 42.4. The molecule has 3 heterocycles. The first-order valence-electron chi connectivity index (χ1n) is 23.3. The summed E-state index contributed by atoms with van der Waals surface area (Å²) < 4.78 is 4.56. The molecule has 0 atom stereocenters. The number of aromatic nitrogens is 7. The van der Waals surface area contributed by atoms with Crippen LogP contribution in [0.3, 0.4) is 0 Å². The number of hydrogen-bond donors (Lipinski definition) is 0. The molecule has 0 bridgehead atoms. The quantitative estimate of drug-likeness (QED) is 0.129. The molecule has 66 heavy (non-hydrogen) atoms. The van der Waals surface area contributed by atoms with Crippen LogP contribution < -0.4 is 0 Å². The first-order chi connectivity index (χ1) is 32.0. The number of rotatable bonds is 11. The van der Waals surface area contributed by atoms with Gasteiger partial charge < -0.3 is 0 Å². The molecule has 0 spiro atoms. The summed E-state index contributed by atoms with van der Waals surface area (Å²) in [7, 11) is 0. The molecular formula is C59H55N7. The fourth-order valence-corrected chi connectivity index (χ4v) is 8.83. The van der Waals surface area contributed by atoms with E-state index >= 15 is 0 Å². The Balaban J connectivity index is 1.13. The van der Waals surface area contributed by atoms with Crippen molar-refractivity contribution in [1.29, 1.82) is 0 Å². The van der Waals surface area contributed by atoms with Crippen molar-refractivity contribution in [1.82, 2.24) is 34.1 Å². The van der Waals surface area contributed by atoms with Crippen LogP contribution in [-0.4, -0.2) is 34.1 Å². The van der Waals surface area contributed by atoms with Crippen molar-refractivity contribution in [2.45, 2.75) is 79.1 Å². The third-order valence-corrected chi connectivity index (χ3v) is 12.7. The van der Waals surface area contributed by atoms with Gasteiger partial charge in [0, 0.05) is 39.2 Å². The zero-order valence-electron chi connectivity index (χ0n) is 39.0. The molecule has 3 aromatic heterocycles. The summed E-state index contributed by atoms with van der Waals surface area (Å²) in [5, 5.41) is 0. The predicted molar refractivity (Wildman–Crippen MR) is 273 cm³/mol. The highest BCUT2D eigenvalue weighted by Crippen LogP contribution is 2.37. The van der Waals surface area contributed by atoms with Gasteiger partial charge in [-0.1, -0.05) is 146 Å². The van der Waals surface area contributed by atoms with E-state index in [0.29, 0.717) is 41.1 Å². The fourth-order valence-electron chi connectivity index (χ4n) is 8.83. The molecule has 0 saturated heterocycles. The lowest BCUT2D eigenvalue weighted by Crippen LogP contribution is -2.03. The largest absolute Gasteiger partial charge is 0.292 e. The minimum atomic E-state index is 0.377. The number of fused-ring (bicyclic) bond motifs is 2. The fraction of sp³-hybridized carbons (Fsp3) is 0.203. The molecule has 10 aromatic rings. The smallest absolute Gasteiger partial charge is 0.164 e. The van der Waals surface area contributed by atoms with Crippen molar-refractivity contribution in [2.24, 2.45) is 0 Å². The van der Waals surface area contributed by atoms with Crippen LogP contribution in [0.25, 0.3) is 90.4 Å². The second-order valence-corrected chi connectivity index (χ2v) is 18.7. The van der Waals surface area contributed by atoms with Crippen LogP contribution in [0, 0.1) is 0 Å². The van der Waals surface area contributed by atoms with Crippen LogP contribution in [-0.2, 0) is 0 Å². The van der Waals surface area contributed by atoms with Gasteiger partial charge in [-0.2, -0.15) is 0 Å². The maximum absolute atomic E-state index is 5.28. The summed E-state index contributed by atoms with van der Waals surface area (Å²) in [6.07, 6.45) is 0. The van der Waals surface area contributed by atoms with Crippen molar-refractivity contribution >= 4 is 22.1 Å². The van der Waals surface area contributed by atoms with E-state index in [2.05, 4.69) is 210 Å². The molecule has 0 fully saturated rings. The SMILES string of the molecule is CC(C)c1cc(-c2nc3ccccc3n2-c2cccc(-c3nc(-c4ccccc4)nc(-c4cccc(-n5c(-c6cc(C(C)C)cc(C(C)C)c6)nc6ccccc65)c4)n3)c2)cc(C(C)C)c1. The van der Waals surface area contributed by atoms with E-state index in [1.807, 2.05) is 18.2 Å². The molecule has 0 unspecified atom stereocenters. The van der Waals surface area contributed by atoms with Crippen LogP contribution >= 0.6 is 0 Å². The van der Waals surface area contributed by atoms with Crippen LogP contribution in [0.15, 0.2) is 164 Å². The summed E-state index contributed by atoms with van der Waals surface area (Å²) in [5.41, 5.74) is 16.0. The van der Waals surface area contributed by atoms with Gasteiger partial charge in [-0.15, -0.1) is 0 Å². The Morgan fingerprint density at radius 3 is 1.05 bits per heavy atom. The van der Waals surface area contributed by atoms with Crippen molar-refractivity contribution in [3.05, 3.63) is 186 Å². The summed E-state index contributed by atoms with van der Waals surface area (Å²) >= 11 is 0. The third kappa shape index (κ3) is 8.11. The van der Waals surface area contributed by atoms with E-state index in [0.717, 1.165) is 72.9 Å². The molecule has 0 aliphatic carbocycles. The van der Waals surface area contributed by atoms with E-state index in [9.17, 15) is 0 Å². The molecule has 7 nitrogen and oxygen atoms in total. The van der Waals surface area contributed by atoms with Gasteiger partial charge in [0.25, 0.3) is 0 Å². The van der Waals surface area contributed by atoms with Gasteiger partial charge in [-0.05, 0) is 119 Å². The summed E-state index contributed by atoms with van der Waals surface area (Å²) in [4.78, 5) is 26.2. The monoisotopic (exact) mass is 861 g/mol. The summed E-state index contributed by atoms with van der Waals surface area (Å²) in [5.74, 6) is 5.08. The highest BCUT2D eigenvalue weighted by molar-refractivity contribution is 5.85. The standard InChI is InChI=1S/C59H55N7/c1-36(2)43-28-44(37(3)4)31-47(30-43)58-60-51-24-12-14-26-53(51)65(58)49-22-16-20-41(34-49)56-62-55(40-18-10-9-11-19-40)63-57(64-56)42-21-17-23-50(35-42)66-54-27-15-13-25-52(54)61-59(66)48-32-45(38(5)6)29-46(33-48)39(7)8/h9-39H,1-8H3. The van der Waals surface area contributed by atoms with Crippen molar-refractivity contribution in [2.75, 3.05) is 0 Å². The van der Waals surface area contributed by atoms with Crippen LogP contribution in [0.4, 0.5) is 0 Å². The molecule has 7 aromatic carbocycles. The normalized spacial score (nSPS) is 11.9. The Labute approximate surface area is 388 Å². The van der Waals surface area contributed by atoms with Gasteiger partial charge in [0.1, 0.15) is 11.6 Å². The van der Waals surface area contributed by atoms with Gasteiger partial charge in [0.15, 0.2) is 17.5 Å². The molecule has 7 heteroatoms. The minimum Gasteiger partial charge on any atom is -0.292 e. The first-order valence-corrected chi connectivity index (χ1v) is 23.3. The maximum atomic E-state index is 5.28. The lowest BCUT2D eigenvalue weighted by Gasteiger charge is -2.16. The number of para-hydroxylation sites is 4. The van der Waals surface area contributed by atoms with Crippen LogP contribution in [0.2, 0.25) is 0 Å². The highest BCUT2D eigenvalue weighted by Gasteiger charge is 2.21. The van der Waals surface area contributed by atoms with Gasteiger partial charge in [0.2, 0.25) is 0 Å². The van der Waals surface area contributed by atoms with E-state index in [1.165, 1.54) is 22.3 Å². The summed E-state index contributed by atoms with van der Waals surface area (Å²) in [6, 6.07) is 57.8. The predicted octanol–water partition coefficient (Wildman–Crippen LogP) is 15.4. The average Bonchev–Trinajstić information content (AvgIpc) is 3.94. The lowest BCUT2D eigenvalue weighted by molar-refractivity contribution is 0.833. The Kier molecular flexibility index (Phi) is 11.2. The molecule has 0 radical (unpaired) electrons. The topological polar surface area (TPSA) is 74.3 Å². The van der Waals surface area contributed by atoms with Crippen molar-refractivity contribution < 1.29 is 0 Å². The molecule has 0 saturated carbocycles. The molecule has 0 aliphatic heterocycles. The highest BCUT2D eigenvalue weighted by atomic mass is 15.1. The molecule has 10 rings (SSSR count). The maximum Gasteiger partial charge on any atom is 0.164 e. The van der Waals surface area contributed by atoms with Crippen molar-refractivity contribution in [3.63, 3.8) is 0 Å². The molecule has 0 amide bonds. The second kappa shape index (κ2) is 17.5. The zero-order chi connectivity index (χ0) is 45.6. The number of nitrogens with zero attached hydrogens (tertiary/aromatic N) is 7. The van der Waals surface area contributed by atoms with E-state index < -0.39 is 0 Å². The van der Waals surface area contributed by atoms with Gasteiger partial charge in [-0.3, -0.25) is 9.13 Å². The molecule has 0 aliphatic rings. The van der Waals surface area contributed by atoms with Crippen molar-refractivity contribution in [3.8, 4) is 68.3 Å².